The lowest BCUT2D eigenvalue weighted by Gasteiger charge is -2.19. The summed E-state index contributed by atoms with van der Waals surface area (Å²) in [7, 11) is 1.35. The number of nitrogens with two attached hydrogens (primary N) is 1. The smallest absolute Gasteiger partial charge is 0.253 e. The number of thiophene rings is 1. The van der Waals surface area contributed by atoms with E-state index in [0.717, 1.165) is 4.88 Å². The Bertz CT molecular complexity index is 1290. The van der Waals surface area contributed by atoms with Crippen molar-refractivity contribution < 1.29 is 23.9 Å². The van der Waals surface area contributed by atoms with Gasteiger partial charge < -0.3 is 31.2 Å². The molecule has 0 radical (unpaired) electrons. The molecule has 0 bridgehead atoms. The number of nitrogens with one attached hydrogen (secondary N) is 4. The number of amides is 2. The van der Waals surface area contributed by atoms with Crippen LogP contribution in [0.4, 0.5) is 0 Å². The van der Waals surface area contributed by atoms with Crippen LogP contribution < -0.4 is 26.4 Å². The van der Waals surface area contributed by atoms with Crippen LogP contribution in [-0.4, -0.2) is 49.4 Å². The number of ketones is 1. The summed E-state index contributed by atoms with van der Waals surface area (Å²) in [5.41, 5.74) is 6.45. The second-order valence-corrected chi connectivity index (χ2v) is 9.75. The first-order chi connectivity index (χ1) is 18.3. The highest BCUT2D eigenvalue weighted by Gasteiger charge is 2.37. The Balaban J connectivity index is 1.27. The Kier molecular flexibility index (Phi) is 8.85. The summed E-state index contributed by atoms with van der Waals surface area (Å²) in [6.45, 7) is 0.602. The lowest BCUT2D eigenvalue weighted by Crippen LogP contribution is -2.45. The molecule has 0 unspecified atom stereocenters. The van der Waals surface area contributed by atoms with Crippen molar-refractivity contribution in [1.82, 2.24) is 16.0 Å². The predicted molar refractivity (Wildman–Crippen MR) is 143 cm³/mol. The molecule has 0 aliphatic carbocycles. The number of amidine groups is 1. The number of nitrogen functional groups attached to an aromatic ring is 1. The van der Waals surface area contributed by atoms with Crippen molar-refractivity contribution in [2.24, 2.45) is 11.7 Å². The van der Waals surface area contributed by atoms with Gasteiger partial charge in [0.05, 0.1) is 12.6 Å². The predicted octanol–water partition coefficient (Wildman–Crippen LogP) is 2.39. The minimum Gasteiger partial charge on any atom is -0.457 e. The van der Waals surface area contributed by atoms with Gasteiger partial charge in [0.15, 0.2) is 12.0 Å². The van der Waals surface area contributed by atoms with Crippen LogP contribution in [0, 0.1) is 11.3 Å². The maximum Gasteiger partial charge on any atom is 0.253 e. The van der Waals surface area contributed by atoms with Crippen molar-refractivity contribution in [2.75, 3.05) is 13.7 Å². The molecule has 2 aromatic carbocycles. The zero-order valence-electron chi connectivity index (χ0n) is 20.7. The molecule has 10 nitrogen and oxygen atoms in total. The van der Waals surface area contributed by atoms with Gasteiger partial charge in [-0.2, -0.15) is 0 Å². The van der Waals surface area contributed by atoms with Gasteiger partial charge in [-0.05, 0) is 48.9 Å². The maximum atomic E-state index is 13.1. The van der Waals surface area contributed by atoms with Crippen LogP contribution in [0.1, 0.15) is 27.2 Å². The van der Waals surface area contributed by atoms with E-state index in [9.17, 15) is 14.4 Å². The summed E-state index contributed by atoms with van der Waals surface area (Å²) in [6, 6.07) is 17.1. The monoisotopic (exact) mass is 535 g/mol. The number of hydrogen-bond donors (Lipinski definition) is 5. The molecule has 1 saturated heterocycles. The number of hydrogen-bond acceptors (Lipinski definition) is 8. The van der Waals surface area contributed by atoms with Crippen molar-refractivity contribution in [1.29, 1.82) is 5.41 Å². The van der Waals surface area contributed by atoms with Gasteiger partial charge in [0.2, 0.25) is 5.91 Å². The largest absolute Gasteiger partial charge is 0.457 e. The van der Waals surface area contributed by atoms with Gasteiger partial charge in [-0.1, -0.05) is 18.2 Å². The van der Waals surface area contributed by atoms with Gasteiger partial charge in [-0.3, -0.25) is 19.8 Å². The molecule has 1 aliphatic heterocycles. The molecule has 0 spiro atoms. The molecule has 3 atom stereocenters. The van der Waals surface area contributed by atoms with Crippen molar-refractivity contribution in [3.05, 3.63) is 82.0 Å². The molecule has 38 heavy (non-hydrogen) atoms. The van der Waals surface area contributed by atoms with Crippen molar-refractivity contribution in [3.63, 3.8) is 0 Å². The zero-order valence-corrected chi connectivity index (χ0v) is 21.5. The molecule has 2 amide bonds. The summed E-state index contributed by atoms with van der Waals surface area (Å²) >= 11 is 1.41. The van der Waals surface area contributed by atoms with Gasteiger partial charge in [-0.15, -0.1) is 11.3 Å². The first kappa shape index (κ1) is 27.0. The number of rotatable bonds is 11. The van der Waals surface area contributed by atoms with Crippen LogP contribution in [-0.2, 0) is 20.9 Å². The lowest BCUT2D eigenvalue weighted by molar-refractivity contribution is -0.133. The number of Topliss-reactive ketones (excluding diaryl/α,β-unsaturated/α-hetero) is 1. The van der Waals surface area contributed by atoms with E-state index in [1.807, 2.05) is 30.3 Å². The second kappa shape index (κ2) is 12.5. The van der Waals surface area contributed by atoms with Gasteiger partial charge in [0, 0.05) is 41.0 Å². The Morgan fingerprint density at radius 3 is 2.47 bits per heavy atom. The number of carbonyl (C=O) groups excluding carboxylic acids is 3. The van der Waals surface area contributed by atoms with E-state index in [1.54, 1.807) is 35.7 Å². The first-order valence-electron chi connectivity index (χ1n) is 12.0. The minimum atomic E-state index is -1.15. The highest BCUT2D eigenvalue weighted by molar-refractivity contribution is 7.10. The number of carbonyl (C=O) groups is 3. The SMILES string of the molecule is CO[C@H](NC(=O)c1ccc(Oc2ccccc2)cc1)C(=O)[C@H]1CN[C@H](C(=O)NCc2cc(C(=N)N)cs2)C1. The number of methoxy groups -OCH3 is 1. The number of benzene rings is 2. The average Bonchev–Trinajstić information content (AvgIpc) is 3.61. The van der Waals surface area contributed by atoms with E-state index in [4.69, 9.17) is 20.6 Å². The molecule has 1 aliphatic rings. The first-order valence-corrected chi connectivity index (χ1v) is 12.8. The fourth-order valence-electron chi connectivity index (χ4n) is 4.03. The van der Waals surface area contributed by atoms with Crippen LogP contribution >= 0.6 is 11.3 Å². The molecule has 198 valence electrons. The second-order valence-electron chi connectivity index (χ2n) is 8.76. The van der Waals surface area contributed by atoms with Crippen LogP contribution in [0.15, 0.2) is 66.0 Å². The number of ether oxygens (including phenoxy) is 2. The Labute approximate surface area is 224 Å². The van der Waals surface area contributed by atoms with Crippen molar-refractivity contribution in [3.8, 4) is 11.5 Å². The summed E-state index contributed by atoms with van der Waals surface area (Å²) in [6.07, 6.45) is -0.859. The van der Waals surface area contributed by atoms with Crippen LogP contribution in [0.25, 0.3) is 0 Å². The molecule has 11 heteroatoms. The Hall–Kier alpha value is -4.06. The van der Waals surface area contributed by atoms with E-state index in [0.29, 0.717) is 35.7 Å². The van der Waals surface area contributed by atoms with Gasteiger partial charge >= 0.3 is 0 Å². The molecule has 0 saturated carbocycles. The van der Waals surface area contributed by atoms with Gasteiger partial charge in [0.1, 0.15) is 17.3 Å². The summed E-state index contributed by atoms with van der Waals surface area (Å²) in [4.78, 5) is 39.3. The van der Waals surface area contributed by atoms with E-state index >= 15 is 0 Å². The summed E-state index contributed by atoms with van der Waals surface area (Å²) in [5, 5.41) is 17.8. The number of para-hydroxylation sites is 1. The summed E-state index contributed by atoms with van der Waals surface area (Å²) in [5.74, 6) is -0.258. The molecule has 6 N–H and O–H groups in total. The quantitative estimate of drug-likeness (QED) is 0.143. The molecule has 4 rings (SSSR count). The van der Waals surface area contributed by atoms with Crippen molar-refractivity contribution >= 4 is 34.8 Å². The van der Waals surface area contributed by atoms with E-state index in [-0.39, 0.29) is 23.9 Å². The van der Waals surface area contributed by atoms with E-state index in [1.165, 1.54) is 18.4 Å². The van der Waals surface area contributed by atoms with Crippen LogP contribution in [0.5, 0.6) is 11.5 Å². The molecule has 2 heterocycles. The fraction of sp³-hybridized carbons (Fsp3) is 0.259. The van der Waals surface area contributed by atoms with Gasteiger partial charge in [0.25, 0.3) is 5.91 Å². The highest BCUT2D eigenvalue weighted by Crippen LogP contribution is 2.22. The standard InChI is InChI=1S/C27H29N5O5S/c1-36-27(32-25(34)16-7-9-20(10-8-16)37-19-5-3-2-4-6-19)23(33)17-12-22(30-13-17)26(35)31-14-21-11-18(15-38-21)24(28)29/h2-11,15,17,22,27,30H,12-14H2,1H3,(H3,28,29)(H,31,35)(H,32,34)/t17-,22+,27+/m1/s1. The lowest BCUT2D eigenvalue weighted by atomic mass is 9.98. The average molecular weight is 536 g/mol. The zero-order chi connectivity index (χ0) is 27.1. The third-order valence-electron chi connectivity index (χ3n) is 6.10. The third kappa shape index (κ3) is 6.82. The van der Waals surface area contributed by atoms with E-state index in [2.05, 4.69) is 16.0 Å². The maximum absolute atomic E-state index is 13.1. The van der Waals surface area contributed by atoms with Crippen LogP contribution in [0.2, 0.25) is 0 Å². The van der Waals surface area contributed by atoms with E-state index < -0.39 is 24.1 Å². The molecular weight excluding hydrogens is 506 g/mol. The Morgan fingerprint density at radius 2 is 1.82 bits per heavy atom. The summed E-state index contributed by atoms with van der Waals surface area (Å²) < 4.78 is 11.0. The molecule has 1 aromatic heterocycles. The van der Waals surface area contributed by atoms with Crippen molar-refractivity contribution in [2.45, 2.75) is 25.2 Å². The fourth-order valence-corrected chi connectivity index (χ4v) is 4.85. The van der Waals surface area contributed by atoms with Gasteiger partial charge in [-0.25, -0.2) is 0 Å². The molecule has 3 aromatic rings. The molecule has 1 fully saturated rings. The third-order valence-corrected chi connectivity index (χ3v) is 7.04. The molecular formula is C27H29N5O5S. The topological polar surface area (TPSA) is 156 Å². The normalized spacial score (nSPS) is 17.4. The minimum absolute atomic E-state index is 0.0217. The highest BCUT2D eigenvalue weighted by atomic mass is 32.1. The van der Waals surface area contributed by atoms with Crippen LogP contribution in [0.3, 0.4) is 0 Å². The Morgan fingerprint density at radius 1 is 1.11 bits per heavy atom.